The maximum atomic E-state index is 8.62. The molecule has 0 aromatic heterocycles. The summed E-state index contributed by atoms with van der Waals surface area (Å²) in [6.45, 7) is 4.52. The number of likely N-dealkylation sites (tertiary alicyclic amines) is 1. The number of nitrogens with two attached hydrogens (primary N) is 1. The van der Waals surface area contributed by atoms with Crippen molar-refractivity contribution < 1.29 is 0 Å². The van der Waals surface area contributed by atoms with Gasteiger partial charge in [-0.15, -0.1) is 0 Å². The fraction of sp³-hybridized carbons (Fsp3) is 0.900. The summed E-state index contributed by atoms with van der Waals surface area (Å²) >= 11 is 0. The van der Waals surface area contributed by atoms with Crippen LogP contribution in [0, 0.1) is 17.2 Å². The molecule has 0 radical (unpaired) electrons. The molecule has 74 valence electrons. The summed E-state index contributed by atoms with van der Waals surface area (Å²) in [5.41, 5.74) is 5.69. The minimum absolute atomic E-state index is 0.443. The van der Waals surface area contributed by atoms with Crippen molar-refractivity contribution >= 4 is 0 Å². The molecule has 0 aromatic rings. The van der Waals surface area contributed by atoms with Gasteiger partial charge in [0.05, 0.1) is 12.6 Å². The Labute approximate surface area is 80.5 Å². The Hall–Kier alpha value is -0.590. The molecule has 0 aromatic carbocycles. The van der Waals surface area contributed by atoms with Gasteiger partial charge in [-0.25, -0.2) is 0 Å². The number of nitriles is 1. The van der Waals surface area contributed by atoms with Crippen LogP contribution in [0.25, 0.3) is 0 Å². The monoisotopic (exact) mass is 181 g/mol. The van der Waals surface area contributed by atoms with Crippen LogP contribution in [0.1, 0.15) is 26.2 Å². The van der Waals surface area contributed by atoms with Gasteiger partial charge in [0, 0.05) is 12.6 Å². The zero-order valence-corrected chi connectivity index (χ0v) is 8.37. The van der Waals surface area contributed by atoms with E-state index >= 15 is 0 Å². The Morgan fingerprint density at radius 3 is 2.92 bits per heavy atom. The predicted octanol–water partition coefficient (Wildman–Crippen LogP) is 0.959. The smallest absolute Gasteiger partial charge is 0.0868 e. The van der Waals surface area contributed by atoms with Crippen LogP contribution in [-0.4, -0.2) is 30.6 Å². The molecule has 0 spiro atoms. The van der Waals surface area contributed by atoms with Gasteiger partial charge in [-0.3, -0.25) is 4.90 Å². The van der Waals surface area contributed by atoms with Crippen LogP contribution in [0.3, 0.4) is 0 Å². The lowest BCUT2D eigenvalue weighted by molar-refractivity contribution is 0.129. The third kappa shape index (κ3) is 2.68. The highest BCUT2D eigenvalue weighted by molar-refractivity contribution is 4.87. The fourth-order valence-corrected chi connectivity index (χ4v) is 2.10. The SMILES string of the molecule is CCC1CCN(CC#N)C(CN)C1. The second-order valence-electron chi connectivity index (χ2n) is 3.82. The zero-order chi connectivity index (χ0) is 9.68. The first kappa shape index (κ1) is 10.5. The van der Waals surface area contributed by atoms with Gasteiger partial charge in [-0.1, -0.05) is 13.3 Å². The Morgan fingerprint density at radius 1 is 1.62 bits per heavy atom. The number of hydrogen-bond acceptors (Lipinski definition) is 3. The molecule has 1 heterocycles. The Balaban J connectivity index is 2.46. The van der Waals surface area contributed by atoms with Crippen molar-refractivity contribution in [2.45, 2.75) is 32.2 Å². The number of hydrogen-bond donors (Lipinski definition) is 1. The minimum atomic E-state index is 0.443. The summed E-state index contributed by atoms with van der Waals surface area (Å²) in [6, 6.07) is 2.65. The summed E-state index contributed by atoms with van der Waals surface area (Å²) in [6.07, 6.45) is 3.65. The molecule has 2 N–H and O–H groups in total. The molecule has 1 fully saturated rings. The van der Waals surface area contributed by atoms with E-state index in [9.17, 15) is 0 Å². The second-order valence-corrected chi connectivity index (χ2v) is 3.82. The molecule has 2 unspecified atom stereocenters. The van der Waals surface area contributed by atoms with E-state index in [4.69, 9.17) is 11.0 Å². The second kappa shape index (κ2) is 5.21. The highest BCUT2D eigenvalue weighted by atomic mass is 15.2. The van der Waals surface area contributed by atoms with Gasteiger partial charge in [-0.05, 0) is 25.3 Å². The maximum absolute atomic E-state index is 8.62. The third-order valence-corrected chi connectivity index (χ3v) is 3.07. The average Bonchev–Trinajstić information content (AvgIpc) is 2.19. The van der Waals surface area contributed by atoms with E-state index in [0.29, 0.717) is 19.1 Å². The molecular formula is C10H19N3. The molecule has 3 heteroatoms. The van der Waals surface area contributed by atoms with Crippen molar-refractivity contribution in [2.24, 2.45) is 11.7 Å². The van der Waals surface area contributed by atoms with Crippen LogP contribution in [0.15, 0.2) is 0 Å². The quantitative estimate of drug-likeness (QED) is 0.660. The van der Waals surface area contributed by atoms with Crippen LogP contribution >= 0.6 is 0 Å². The lowest BCUT2D eigenvalue weighted by atomic mass is 9.89. The molecule has 0 aliphatic carbocycles. The van der Waals surface area contributed by atoms with Crippen LogP contribution in [0.2, 0.25) is 0 Å². The summed E-state index contributed by atoms with van der Waals surface area (Å²) in [7, 11) is 0. The van der Waals surface area contributed by atoms with Crippen molar-refractivity contribution in [3.8, 4) is 6.07 Å². The van der Waals surface area contributed by atoms with E-state index in [-0.39, 0.29) is 0 Å². The molecule has 0 saturated carbocycles. The molecule has 13 heavy (non-hydrogen) atoms. The van der Waals surface area contributed by atoms with Crippen molar-refractivity contribution in [3.63, 3.8) is 0 Å². The minimum Gasteiger partial charge on any atom is -0.329 e. The number of nitrogens with zero attached hydrogens (tertiary/aromatic N) is 2. The van der Waals surface area contributed by atoms with Crippen LogP contribution in [-0.2, 0) is 0 Å². The summed E-state index contributed by atoms with van der Waals surface area (Å²) in [4.78, 5) is 2.21. The molecular weight excluding hydrogens is 162 g/mol. The Bertz CT molecular complexity index is 185. The molecule has 1 saturated heterocycles. The molecule has 3 nitrogen and oxygen atoms in total. The topological polar surface area (TPSA) is 53.0 Å². The number of rotatable bonds is 3. The average molecular weight is 181 g/mol. The van der Waals surface area contributed by atoms with Gasteiger partial charge in [0.15, 0.2) is 0 Å². The lowest BCUT2D eigenvalue weighted by Crippen LogP contribution is -2.46. The fourth-order valence-electron chi connectivity index (χ4n) is 2.10. The first-order valence-electron chi connectivity index (χ1n) is 5.12. The summed E-state index contributed by atoms with van der Waals surface area (Å²) in [5.74, 6) is 0.823. The first-order chi connectivity index (χ1) is 6.31. The molecule has 1 rings (SSSR count). The summed E-state index contributed by atoms with van der Waals surface area (Å²) in [5, 5.41) is 8.62. The highest BCUT2D eigenvalue weighted by Crippen LogP contribution is 2.24. The van der Waals surface area contributed by atoms with Gasteiger partial charge in [-0.2, -0.15) is 5.26 Å². The van der Waals surface area contributed by atoms with Crippen LogP contribution in [0.5, 0.6) is 0 Å². The molecule has 1 aliphatic rings. The van der Waals surface area contributed by atoms with Crippen molar-refractivity contribution in [2.75, 3.05) is 19.6 Å². The van der Waals surface area contributed by atoms with Crippen molar-refractivity contribution in [1.82, 2.24) is 4.90 Å². The van der Waals surface area contributed by atoms with E-state index in [0.717, 1.165) is 12.5 Å². The van der Waals surface area contributed by atoms with Gasteiger partial charge in [0.1, 0.15) is 0 Å². The maximum Gasteiger partial charge on any atom is 0.0868 e. The summed E-state index contributed by atoms with van der Waals surface area (Å²) < 4.78 is 0. The van der Waals surface area contributed by atoms with Crippen LogP contribution in [0.4, 0.5) is 0 Å². The van der Waals surface area contributed by atoms with Gasteiger partial charge >= 0.3 is 0 Å². The van der Waals surface area contributed by atoms with E-state index in [1.165, 1.54) is 19.3 Å². The van der Waals surface area contributed by atoms with Crippen molar-refractivity contribution in [1.29, 1.82) is 5.26 Å². The van der Waals surface area contributed by atoms with Gasteiger partial charge in [0.2, 0.25) is 0 Å². The Morgan fingerprint density at radius 2 is 2.38 bits per heavy atom. The normalized spacial score (nSPS) is 29.9. The Kier molecular flexibility index (Phi) is 4.20. The third-order valence-electron chi connectivity index (χ3n) is 3.07. The number of piperidine rings is 1. The molecule has 2 atom stereocenters. The van der Waals surface area contributed by atoms with E-state index in [2.05, 4.69) is 17.9 Å². The largest absolute Gasteiger partial charge is 0.329 e. The van der Waals surface area contributed by atoms with Gasteiger partial charge < -0.3 is 5.73 Å². The zero-order valence-electron chi connectivity index (χ0n) is 8.37. The van der Waals surface area contributed by atoms with E-state index in [1.54, 1.807) is 0 Å². The highest BCUT2D eigenvalue weighted by Gasteiger charge is 2.25. The van der Waals surface area contributed by atoms with E-state index in [1.807, 2.05) is 0 Å². The van der Waals surface area contributed by atoms with Gasteiger partial charge in [0.25, 0.3) is 0 Å². The lowest BCUT2D eigenvalue weighted by Gasteiger charge is -2.37. The molecule has 1 aliphatic heterocycles. The standard InChI is InChI=1S/C10H19N3/c1-2-9-3-5-13(6-4-11)10(7-9)8-12/h9-10H,2-3,5-8,12H2,1H3. The van der Waals surface area contributed by atoms with Crippen molar-refractivity contribution in [3.05, 3.63) is 0 Å². The molecule has 0 amide bonds. The predicted molar refractivity (Wildman–Crippen MR) is 53.0 cm³/mol. The van der Waals surface area contributed by atoms with Crippen LogP contribution < -0.4 is 5.73 Å². The molecule has 0 bridgehead atoms. The first-order valence-corrected chi connectivity index (χ1v) is 5.12. The van der Waals surface area contributed by atoms with E-state index < -0.39 is 0 Å².